The van der Waals surface area contributed by atoms with Crippen molar-refractivity contribution in [1.29, 1.82) is 0 Å². The van der Waals surface area contributed by atoms with E-state index in [-0.39, 0.29) is 10.4 Å². The monoisotopic (exact) mass is 279 g/mol. The third-order valence-electron chi connectivity index (χ3n) is 2.36. The van der Waals surface area contributed by atoms with Gasteiger partial charge >= 0.3 is 5.97 Å². The third-order valence-corrected chi connectivity index (χ3v) is 3.35. The number of carboxylic acids is 1. The van der Waals surface area contributed by atoms with E-state index in [0.717, 1.165) is 17.4 Å². The highest BCUT2D eigenvalue weighted by atomic mass is 32.1. The summed E-state index contributed by atoms with van der Waals surface area (Å²) < 4.78 is 13.2. The number of benzene rings is 1. The van der Waals surface area contributed by atoms with Gasteiger partial charge in [-0.05, 0) is 42.8 Å². The van der Waals surface area contributed by atoms with Crippen LogP contribution in [0.1, 0.15) is 25.6 Å². The molecule has 0 aliphatic carbocycles. The van der Waals surface area contributed by atoms with Gasteiger partial charge in [0.2, 0.25) is 0 Å². The van der Waals surface area contributed by atoms with Gasteiger partial charge in [-0.1, -0.05) is 0 Å². The second-order valence-corrected chi connectivity index (χ2v) is 5.02. The maximum Gasteiger partial charge on any atom is 0.345 e. The average molecular weight is 279 g/mol. The number of hydrogen-bond acceptors (Lipinski definition) is 3. The zero-order valence-electron chi connectivity index (χ0n) is 9.94. The third kappa shape index (κ3) is 3.17. The Morgan fingerprint density at radius 2 is 2.00 bits per heavy atom. The molecule has 2 N–H and O–H groups in total. The van der Waals surface area contributed by atoms with Crippen LogP contribution in [-0.2, 0) is 0 Å². The number of aryl methyl sites for hydroxylation is 1. The normalized spacial score (nSPS) is 10.2. The van der Waals surface area contributed by atoms with E-state index in [0.29, 0.717) is 10.6 Å². The zero-order chi connectivity index (χ0) is 14.0. The van der Waals surface area contributed by atoms with Crippen molar-refractivity contribution in [2.45, 2.75) is 6.92 Å². The van der Waals surface area contributed by atoms with Crippen LogP contribution in [0.5, 0.6) is 0 Å². The maximum absolute atomic E-state index is 13.2. The zero-order valence-corrected chi connectivity index (χ0v) is 10.8. The first-order chi connectivity index (χ1) is 8.95. The van der Waals surface area contributed by atoms with E-state index < -0.39 is 17.7 Å². The molecule has 1 aromatic heterocycles. The lowest BCUT2D eigenvalue weighted by molar-refractivity contribution is 0.0702. The van der Waals surface area contributed by atoms with Gasteiger partial charge in [-0.2, -0.15) is 0 Å². The smallest absolute Gasteiger partial charge is 0.345 e. The van der Waals surface area contributed by atoms with Gasteiger partial charge in [0, 0.05) is 5.56 Å². The first-order valence-electron chi connectivity index (χ1n) is 5.37. The standard InChI is InChI=1S/C13H10FNO3S/c1-7-4-8(6-9(14)5-7)12(16)15-11-3-2-10(19-11)13(17)18/h2-6H,1H3,(H,15,16)(H,17,18). The van der Waals surface area contributed by atoms with E-state index in [9.17, 15) is 14.0 Å². The summed E-state index contributed by atoms with van der Waals surface area (Å²) in [4.78, 5) is 22.7. The van der Waals surface area contributed by atoms with E-state index >= 15 is 0 Å². The largest absolute Gasteiger partial charge is 0.477 e. The predicted octanol–water partition coefficient (Wildman–Crippen LogP) is 3.15. The number of carbonyl (C=O) groups is 2. The molecule has 0 saturated carbocycles. The number of amides is 1. The number of nitrogens with one attached hydrogen (secondary N) is 1. The van der Waals surface area contributed by atoms with E-state index in [4.69, 9.17) is 5.11 Å². The molecule has 1 amide bonds. The topological polar surface area (TPSA) is 66.4 Å². The molecule has 1 heterocycles. The SMILES string of the molecule is Cc1cc(F)cc(C(=O)Nc2ccc(C(=O)O)s2)c1. The molecule has 0 radical (unpaired) electrons. The summed E-state index contributed by atoms with van der Waals surface area (Å²) in [6.45, 7) is 1.69. The summed E-state index contributed by atoms with van der Waals surface area (Å²) in [7, 11) is 0. The highest BCUT2D eigenvalue weighted by Crippen LogP contribution is 2.22. The molecule has 0 atom stereocenters. The molecule has 2 aromatic rings. The Balaban J connectivity index is 2.18. The number of halogens is 1. The van der Waals surface area contributed by atoms with E-state index in [2.05, 4.69) is 5.32 Å². The van der Waals surface area contributed by atoms with Crippen molar-refractivity contribution in [2.24, 2.45) is 0 Å². The van der Waals surface area contributed by atoms with Gasteiger partial charge in [0.15, 0.2) is 0 Å². The number of thiophene rings is 1. The van der Waals surface area contributed by atoms with Crippen LogP contribution in [-0.4, -0.2) is 17.0 Å². The fourth-order valence-corrected chi connectivity index (χ4v) is 2.31. The molecule has 19 heavy (non-hydrogen) atoms. The van der Waals surface area contributed by atoms with Crippen LogP contribution >= 0.6 is 11.3 Å². The van der Waals surface area contributed by atoms with Crippen molar-refractivity contribution in [2.75, 3.05) is 5.32 Å². The minimum absolute atomic E-state index is 0.130. The molecule has 98 valence electrons. The molecule has 1 aromatic carbocycles. The molecule has 0 saturated heterocycles. The number of rotatable bonds is 3. The minimum Gasteiger partial charge on any atom is -0.477 e. The second kappa shape index (κ2) is 5.19. The highest BCUT2D eigenvalue weighted by molar-refractivity contribution is 7.18. The highest BCUT2D eigenvalue weighted by Gasteiger charge is 2.11. The molecular weight excluding hydrogens is 269 g/mol. The molecule has 0 fully saturated rings. The van der Waals surface area contributed by atoms with Gasteiger partial charge in [-0.3, -0.25) is 4.79 Å². The molecule has 0 bridgehead atoms. The molecule has 2 rings (SSSR count). The molecule has 0 unspecified atom stereocenters. The summed E-state index contributed by atoms with van der Waals surface area (Å²) >= 11 is 0.947. The van der Waals surface area contributed by atoms with Crippen LogP contribution in [0.2, 0.25) is 0 Å². The molecule has 4 nitrogen and oxygen atoms in total. The summed E-state index contributed by atoms with van der Waals surface area (Å²) in [6, 6.07) is 6.92. The Labute approximate surface area is 112 Å². The van der Waals surface area contributed by atoms with Crippen molar-refractivity contribution in [3.8, 4) is 0 Å². The number of carboxylic acid groups (broad SMARTS) is 1. The van der Waals surface area contributed by atoms with Crippen LogP contribution in [0.25, 0.3) is 0 Å². The lowest BCUT2D eigenvalue weighted by Gasteiger charge is -2.03. The maximum atomic E-state index is 13.2. The Hall–Kier alpha value is -2.21. The quantitative estimate of drug-likeness (QED) is 0.907. The van der Waals surface area contributed by atoms with Crippen molar-refractivity contribution in [1.82, 2.24) is 0 Å². The van der Waals surface area contributed by atoms with Gasteiger partial charge in [-0.15, -0.1) is 11.3 Å². The van der Waals surface area contributed by atoms with Gasteiger partial charge in [0.05, 0.1) is 5.00 Å². The van der Waals surface area contributed by atoms with Crippen molar-refractivity contribution in [3.05, 3.63) is 52.2 Å². The van der Waals surface area contributed by atoms with Crippen LogP contribution in [0.3, 0.4) is 0 Å². The van der Waals surface area contributed by atoms with Gasteiger partial charge in [-0.25, -0.2) is 9.18 Å². The molecule has 0 aliphatic heterocycles. The molecular formula is C13H10FNO3S. The average Bonchev–Trinajstić information content (AvgIpc) is 2.76. The fourth-order valence-electron chi connectivity index (χ4n) is 1.57. The molecule has 0 aliphatic rings. The lowest BCUT2D eigenvalue weighted by atomic mass is 10.1. The lowest BCUT2D eigenvalue weighted by Crippen LogP contribution is -2.11. The number of carbonyl (C=O) groups excluding carboxylic acids is 1. The Bertz CT molecular complexity index is 631. The summed E-state index contributed by atoms with van der Waals surface area (Å²) in [5.74, 6) is -2.00. The van der Waals surface area contributed by atoms with Gasteiger partial charge < -0.3 is 10.4 Å². The van der Waals surface area contributed by atoms with Crippen LogP contribution < -0.4 is 5.32 Å². The summed E-state index contributed by atoms with van der Waals surface area (Å²) in [5, 5.41) is 11.7. The predicted molar refractivity (Wildman–Crippen MR) is 70.4 cm³/mol. The van der Waals surface area contributed by atoms with Crippen molar-refractivity contribution < 1.29 is 19.1 Å². The van der Waals surface area contributed by atoms with Gasteiger partial charge in [0.25, 0.3) is 5.91 Å². The summed E-state index contributed by atoms with van der Waals surface area (Å²) in [6.07, 6.45) is 0. The van der Waals surface area contributed by atoms with Gasteiger partial charge in [0.1, 0.15) is 10.7 Å². The van der Waals surface area contributed by atoms with Crippen LogP contribution in [0.4, 0.5) is 9.39 Å². The fraction of sp³-hybridized carbons (Fsp3) is 0.0769. The van der Waals surface area contributed by atoms with Crippen LogP contribution in [0.15, 0.2) is 30.3 Å². The van der Waals surface area contributed by atoms with E-state index in [1.807, 2.05) is 0 Å². The summed E-state index contributed by atoms with van der Waals surface area (Å²) in [5.41, 5.74) is 0.838. The Morgan fingerprint density at radius 1 is 1.26 bits per heavy atom. The Morgan fingerprint density at radius 3 is 2.58 bits per heavy atom. The number of anilines is 1. The van der Waals surface area contributed by atoms with E-state index in [1.54, 1.807) is 13.0 Å². The first kappa shape index (κ1) is 13.2. The molecule has 6 heteroatoms. The number of hydrogen-bond donors (Lipinski definition) is 2. The molecule has 0 spiro atoms. The van der Waals surface area contributed by atoms with E-state index in [1.165, 1.54) is 18.2 Å². The first-order valence-corrected chi connectivity index (χ1v) is 6.19. The Kier molecular flexibility index (Phi) is 3.62. The van der Waals surface area contributed by atoms with Crippen molar-refractivity contribution >= 4 is 28.2 Å². The second-order valence-electron chi connectivity index (χ2n) is 3.94. The van der Waals surface area contributed by atoms with Crippen molar-refractivity contribution in [3.63, 3.8) is 0 Å². The number of aromatic carboxylic acids is 1. The van der Waals surface area contributed by atoms with Crippen LogP contribution in [0, 0.1) is 12.7 Å². The minimum atomic E-state index is -1.05.